The molecule has 4 heteroatoms. The SMILES string of the molecule is Cc1cc(Cl)ccc1N1CCNCC1c1ccc(Cl)cc1. The summed E-state index contributed by atoms with van der Waals surface area (Å²) < 4.78 is 0. The van der Waals surface area contributed by atoms with Crippen molar-refractivity contribution in [1.29, 1.82) is 0 Å². The van der Waals surface area contributed by atoms with Gasteiger partial charge in [0.2, 0.25) is 0 Å². The number of benzene rings is 2. The van der Waals surface area contributed by atoms with E-state index in [0.717, 1.165) is 29.7 Å². The third-order valence-corrected chi connectivity index (χ3v) is 4.45. The fourth-order valence-corrected chi connectivity index (χ4v) is 3.27. The lowest BCUT2D eigenvalue weighted by atomic mass is 10.0. The van der Waals surface area contributed by atoms with Crippen LogP contribution in [-0.4, -0.2) is 19.6 Å². The molecule has 0 spiro atoms. The van der Waals surface area contributed by atoms with Gasteiger partial charge in [-0.1, -0.05) is 35.3 Å². The molecule has 0 aromatic heterocycles. The molecule has 21 heavy (non-hydrogen) atoms. The molecular formula is C17H18Cl2N2. The van der Waals surface area contributed by atoms with Crippen molar-refractivity contribution >= 4 is 28.9 Å². The Morgan fingerprint density at radius 2 is 1.76 bits per heavy atom. The Morgan fingerprint density at radius 1 is 1.05 bits per heavy atom. The lowest BCUT2D eigenvalue weighted by Gasteiger charge is -2.39. The summed E-state index contributed by atoms with van der Waals surface area (Å²) in [7, 11) is 0. The molecule has 1 N–H and O–H groups in total. The van der Waals surface area contributed by atoms with Gasteiger partial charge in [-0.15, -0.1) is 0 Å². The van der Waals surface area contributed by atoms with Gasteiger partial charge in [-0.3, -0.25) is 0 Å². The lowest BCUT2D eigenvalue weighted by molar-refractivity contribution is 0.489. The van der Waals surface area contributed by atoms with Crippen LogP contribution in [0.15, 0.2) is 42.5 Å². The predicted molar refractivity (Wildman–Crippen MR) is 90.6 cm³/mol. The number of hydrogen-bond acceptors (Lipinski definition) is 2. The average Bonchev–Trinajstić information content (AvgIpc) is 2.48. The average molecular weight is 321 g/mol. The van der Waals surface area contributed by atoms with E-state index in [0.29, 0.717) is 6.04 Å². The molecule has 1 unspecified atom stereocenters. The first-order chi connectivity index (χ1) is 10.1. The quantitative estimate of drug-likeness (QED) is 0.879. The van der Waals surface area contributed by atoms with Crippen molar-refractivity contribution in [3.63, 3.8) is 0 Å². The maximum absolute atomic E-state index is 6.08. The Labute approximate surface area is 135 Å². The summed E-state index contributed by atoms with van der Waals surface area (Å²) in [6.45, 7) is 5.02. The largest absolute Gasteiger partial charge is 0.362 e. The van der Waals surface area contributed by atoms with Crippen molar-refractivity contribution in [2.75, 3.05) is 24.5 Å². The van der Waals surface area contributed by atoms with Crippen molar-refractivity contribution in [1.82, 2.24) is 5.32 Å². The van der Waals surface area contributed by atoms with Crippen molar-refractivity contribution in [3.05, 3.63) is 63.6 Å². The maximum Gasteiger partial charge on any atom is 0.0667 e. The van der Waals surface area contributed by atoms with Gasteiger partial charge >= 0.3 is 0 Å². The molecule has 0 aliphatic carbocycles. The number of hydrogen-bond donors (Lipinski definition) is 1. The minimum absolute atomic E-state index is 0.316. The minimum Gasteiger partial charge on any atom is -0.362 e. The Bertz CT molecular complexity index is 625. The number of anilines is 1. The predicted octanol–water partition coefficient (Wildman–Crippen LogP) is 4.45. The molecule has 0 bridgehead atoms. The molecule has 110 valence electrons. The van der Waals surface area contributed by atoms with Crippen LogP contribution in [-0.2, 0) is 0 Å². The molecule has 1 heterocycles. The number of rotatable bonds is 2. The Balaban J connectivity index is 1.96. The Kier molecular flexibility index (Phi) is 4.39. The summed E-state index contributed by atoms with van der Waals surface area (Å²) in [5.41, 5.74) is 3.74. The summed E-state index contributed by atoms with van der Waals surface area (Å²) in [5, 5.41) is 5.04. The van der Waals surface area contributed by atoms with Crippen LogP contribution in [0.4, 0.5) is 5.69 Å². The second kappa shape index (κ2) is 6.27. The van der Waals surface area contributed by atoms with Crippen molar-refractivity contribution in [2.45, 2.75) is 13.0 Å². The fraction of sp³-hybridized carbons (Fsp3) is 0.294. The van der Waals surface area contributed by atoms with Gasteiger partial charge in [0.05, 0.1) is 6.04 Å². The zero-order chi connectivity index (χ0) is 14.8. The zero-order valence-electron chi connectivity index (χ0n) is 11.9. The summed E-state index contributed by atoms with van der Waals surface area (Å²) in [6, 6.07) is 14.6. The van der Waals surface area contributed by atoms with Gasteiger partial charge < -0.3 is 10.2 Å². The summed E-state index contributed by atoms with van der Waals surface area (Å²) >= 11 is 12.1. The van der Waals surface area contributed by atoms with E-state index in [1.165, 1.54) is 16.8 Å². The van der Waals surface area contributed by atoms with Crippen LogP contribution < -0.4 is 10.2 Å². The fourth-order valence-electron chi connectivity index (χ4n) is 2.92. The van der Waals surface area contributed by atoms with Crippen LogP contribution in [0.3, 0.4) is 0 Å². The molecule has 2 nitrogen and oxygen atoms in total. The molecule has 2 aromatic carbocycles. The van der Waals surface area contributed by atoms with Gasteiger partial charge in [0.1, 0.15) is 0 Å². The van der Waals surface area contributed by atoms with E-state index in [1.54, 1.807) is 0 Å². The molecule has 1 aliphatic rings. The van der Waals surface area contributed by atoms with E-state index in [4.69, 9.17) is 23.2 Å². The zero-order valence-corrected chi connectivity index (χ0v) is 13.5. The second-order valence-corrected chi connectivity index (χ2v) is 6.27. The third kappa shape index (κ3) is 3.18. The van der Waals surface area contributed by atoms with Crippen LogP contribution >= 0.6 is 23.2 Å². The van der Waals surface area contributed by atoms with E-state index in [1.807, 2.05) is 24.3 Å². The number of nitrogens with zero attached hydrogens (tertiary/aromatic N) is 1. The molecule has 1 saturated heterocycles. The Morgan fingerprint density at radius 3 is 2.48 bits per heavy atom. The van der Waals surface area contributed by atoms with Crippen LogP contribution in [0.2, 0.25) is 10.0 Å². The van der Waals surface area contributed by atoms with Crippen LogP contribution in [0, 0.1) is 6.92 Å². The molecule has 1 fully saturated rings. The molecule has 0 radical (unpaired) electrons. The first kappa shape index (κ1) is 14.7. The van der Waals surface area contributed by atoms with E-state index in [9.17, 15) is 0 Å². The molecule has 1 atom stereocenters. The normalized spacial score (nSPS) is 18.8. The first-order valence-corrected chi connectivity index (χ1v) is 7.90. The molecule has 1 aliphatic heterocycles. The number of nitrogens with one attached hydrogen (secondary N) is 1. The van der Waals surface area contributed by atoms with Gasteiger partial charge in [0, 0.05) is 35.4 Å². The highest BCUT2D eigenvalue weighted by Gasteiger charge is 2.25. The van der Waals surface area contributed by atoms with Crippen molar-refractivity contribution < 1.29 is 0 Å². The van der Waals surface area contributed by atoms with E-state index in [2.05, 4.69) is 35.3 Å². The summed E-state index contributed by atoms with van der Waals surface area (Å²) in [4.78, 5) is 2.45. The standard InChI is InChI=1S/C17H18Cl2N2/c1-12-10-15(19)6-7-16(12)21-9-8-20-11-17(21)13-2-4-14(18)5-3-13/h2-7,10,17,20H,8-9,11H2,1H3. The van der Waals surface area contributed by atoms with E-state index < -0.39 is 0 Å². The van der Waals surface area contributed by atoms with Crippen LogP contribution in [0.25, 0.3) is 0 Å². The second-order valence-electron chi connectivity index (χ2n) is 5.40. The van der Waals surface area contributed by atoms with Gasteiger partial charge in [-0.2, -0.15) is 0 Å². The highest BCUT2D eigenvalue weighted by Crippen LogP contribution is 2.32. The topological polar surface area (TPSA) is 15.3 Å². The monoisotopic (exact) mass is 320 g/mol. The number of aryl methyl sites for hydroxylation is 1. The molecule has 0 amide bonds. The van der Waals surface area contributed by atoms with E-state index >= 15 is 0 Å². The number of piperazine rings is 1. The lowest BCUT2D eigenvalue weighted by Crippen LogP contribution is -2.46. The van der Waals surface area contributed by atoms with Crippen LogP contribution in [0.1, 0.15) is 17.2 Å². The highest BCUT2D eigenvalue weighted by molar-refractivity contribution is 6.31. The van der Waals surface area contributed by atoms with Gasteiger partial charge in [-0.05, 0) is 48.4 Å². The molecule has 2 aromatic rings. The summed E-state index contributed by atoms with van der Waals surface area (Å²) in [5.74, 6) is 0. The van der Waals surface area contributed by atoms with Crippen molar-refractivity contribution in [3.8, 4) is 0 Å². The summed E-state index contributed by atoms with van der Waals surface area (Å²) in [6.07, 6.45) is 0. The van der Waals surface area contributed by atoms with Crippen molar-refractivity contribution in [2.24, 2.45) is 0 Å². The van der Waals surface area contributed by atoms with E-state index in [-0.39, 0.29) is 0 Å². The molecule has 3 rings (SSSR count). The molecule has 0 saturated carbocycles. The smallest absolute Gasteiger partial charge is 0.0667 e. The Hall–Kier alpha value is -1.22. The van der Waals surface area contributed by atoms with Gasteiger partial charge in [-0.25, -0.2) is 0 Å². The number of halogens is 2. The minimum atomic E-state index is 0.316. The third-order valence-electron chi connectivity index (χ3n) is 3.97. The maximum atomic E-state index is 6.08. The van der Waals surface area contributed by atoms with Gasteiger partial charge in [0.15, 0.2) is 0 Å². The molecular weight excluding hydrogens is 303 g/mol. The first-order valence-electron chi connectivity index (χ1n) is 7.14. The van der Waals surface area contributed by atoms with Crippen LogP contribution in [0.5, 0.6) is 0 Å². The van der Waals surface area contributed by atoms with Gasteiger partial charge in [0.25, 0.3) is 0 Å². The highest BCUT2D eigenvalue weighted by atomic mass is 35.5.